The maximum Gasteiger partial charge on any atom is 0.328 e. The molecule has 1 aromatic carbocycles. The lowest BCUT2D eigenvalue weighted by Crippen LogP contribution is -2.41. The zero-order chi connectivity index (χ0) is 18.8. The minimum atomic E-state index is -0.423. The Bertz CT molecular complexity index is 567. The van der Waals surface area contributed by atoms with Crippen LogP contribution in [0.25, 0.3) is 0 Å². The Kier molecular flexibility index (Phi) is 8.66. The Morgan fingerprint density at radius 2 is 1.73 bits per heavy atom. The van der Waals surface area contributed by atoms with Crippen molar-refractivity contribution in [1.29, 1.82) is 0 Å². The predicted octanol–water partition coefficient (Wildman–Crippen LogP) is 4.76. The zero-order valence-corrected chi connectivity index (χ0v) is 16.3. The van der Waals surface area contributed by atoms with E-state index in [1.165, 1.54) is 31.2 Å². The van der Waals surface area contributed by atoms with Crippen LogP contribution in [0, 0.1) is 0 Å². The first kappa shape index (κ1) is 20.5. The van der Waals surface area contributed by atoms with Crippen molar-refractivity contribution in [1.82, 2.24) is 4.90 Å². The van der Waals surface area contributed by atoms with Gasteiger partial charge in [0.15, 0.2) is 0 Å². The summed E-state index contributed by atoms with van der Waals surface area (Å²) < 4.78 is 5.45. The molecule has 0 aromatic heterocycles. The number of benzene rings is 1. The van der Waals surface area contributed by atoms with Crippen LogP contribution < -0.4 is 0 Å². The molecule has 1 atom stereocenters. The number of amides is 1. The zero-order valence-electron chi connectivity index (χ0n) is 16.3. The first-order valence-electron chi connectivity index (χ1n) is 10.2. The third-order valence-corrected chi connectivity index (χ3v) is 5.14. The smallest absolute Gasteiger partial charge is 0.328 e. The van der Waals surface area contributed by atoms with E-state index < -0.39 is 6.04 Å². The maximum atomic E-state index is 12.8. The fourth-order valence-electron chi connectivity index (χ4n) is 3.46. The van der Waals surface area contributed by atoms with Gasteiger partial charge in [0.2, 0.25) is 0 Å². The molecule has 0 radical (unpaired) electrons. The van der Waals surface area contributed by atoms with Crippen molar-refractivity contribution in [2.24, 2.45) is 0 Å². The lowest BCUT2D eigenvalue weighted by molar-refractivity contribution is -0.148. The average Bonchev–Trinajstić information content (AvgIpc) is 3.16. The highest BCUT2D eigenvalue weighted by Gasteiger charge is 2.35. The molecular weight excluding hydrogens is 326 g/mol. The van der Waals surface area contributed by atoms with E-state index in [9.17, 15) is 9.59 Å². The summed E-state index contributed by atoms with van der Waals surface area (Å²) in [6.07, 6.45) is 9.49. The summed E-state index contributed by atoms with van der Waals surface area (Å²) in [4.78, 5) is 26.9. The SMILES string of the molecule is CCCCCCCCOC(=O)C1CCCN1C(=O)c1ccc(CC)cc1. The number of unbranched alkanes of at least 4 members (excludes halogenated alkanes) is 5. The monoisotopic (exact) mass is 359 g/mol. The molecule has 1 aliphatic heterocycles. The first-order chi connectivity index (χ1) is 12.7. The predicted molar refractivity (Wildman–Crippen MR) is 104 cm³/mol. The number of rotatable bonds is 10. The standard InChI is InChI=1S/C22H33NO3/c1-3-5-6-7-8-9-17-26-22(25)20-11-10-16-23(20)21(24)19-14-12-18(4-2)13-15-19/h12-15,20H,3-11,16-17H2,1-2H3. The van der Waals surface area contributed by atoms with Gasteiger partial charge >= 0.3 is 5.97 Å². The normalized spacial score (nSPS) is 16.7. The summed E-state index contributed by atoms with van der Waals surface area (Å²) >= 11 is 0. The van der Waals surface area contributed by atoms with Gasteiger partial charge in [0.05, 0.1) is 6.61 Å². The van der Waals surface area contributed by atoms with Crippen LogP contribution in [0.1, 0.15) is 81.1 Å². The number of ether oxygens (including phenoxy) is 1. The van der Waals surface area contributed by atoms with E-state index in [2.05, 4.69) is 13.8 Å². The number of hydrogen-bond donors (Lipinski definition) is 0. The Morgan fingerprint density at radius 3 is 2.42 bits per heavy atom. The fraction of sp³-hybridized carbons (Fsp3) is 0.636. The Balaban J connectivity index is 1.80. The van der Waals surface area contributed by atoms with Gasteiger partial charge in [-0.1, -0.05) is 58.1 Å². The van der Waals surface area contributed by atoms with Gasteiger partial charge in [-0.3, -0.25) is 4.79 Å². The van der Waals surface area contributed by atoms with E-state index in [-0.39, 0.29) is 11.9 Å². The van der Waals surface area contributed by atoms with Crippen LogP contribution in [0.3, 0.4) is 0 Å². The van der Waals surface area contributed by atoms with Gasteiger partial charge in [0.1, 0.15) is 6.04 Å². The third-order valence-electron chi connectivity index (χ3n) is 5.14. The van der Waals surface area contributed by atoms with Crippen molar-refractivity contribution in [2.45, 2.75) is 77.7 Å². The highest BCUT2D eigenvalue weighted by molar-refractivity contribution is 5.97. The van der Waals surface area contributed by atoms with Crippen LogP contribution >= 0.6 is 0 Å². The summed E-state index contributed by atoms with van der Waals surface area (Å²) in [5, 5.41) is 0. The van der Waals surface area contributed by atoms with E-state index in [1.54, 1.807) is 4.90 Å². The van der Waals surface area contributed by atoms with Crippen molar-refractivity contribution in [3.63, 3.8) is 0 Å². The van der Waals surface area contributed by atoms with Gasteiger partial charge in [0, 0.05) is 12.1 Å². The number of aryl methyl sites for hydroxylation is 1. The lowest BCUT2D eigenvalue weighted by Gasteiger charge is -2.23. The quantitative estimate of drug-likeness (QED) is 0.447. The Morgan fingerprint density at radius 1 is 1.04 bits per heavy atom. The van der Waals surface area contributed by atoms with Crippen LogP contribution in [-0.4, -0.2) is 36.0 Å². The first-order valence-corrected chi connectivity index (χ1v) is 10.2. The van der Waals surface area contributed by atoms with Crippen molar-refractivity contribution in [3.05, 3.63) is 35.4 Å². The summed E-state index contributed by atoms with van der Waals surface area (Å²) in [5.74, 6) is -0.304. The molecule has 1 aromatic rings. The largest absolute Gasteiger partial charge is 0.464 e. The lowest BCUT2D eigenvalue weighted by atomic mass is 10.1. The molecular formula is C22H33NO3. The number of nitrogens with zero attached hydrogens (tertiary/aromatic N) is 1. The number of esters is 1. The second-order valence-electron chi connectivity index (χ2n) is 7.14. The molecule has 1 aliphatic rings. The van der Waals surface area contributed by atoms with E-state index in [4.69, 9.17) is 4.74 Å². The summed E-state index contributed by atoms with van der Waals surface area (Å²) in [7, 11) is 0. The molecule has 1 unspecified atom stereocenters. The maximum absolute atomic E-state index is 12.8. The van der Waals surface area contributed by atoms with Gasteiger partial charge in [-0.05, 0) is 43.4 Å². The summed E-state index contributed by atoms with van der Waals surface area (Å²) in [5.41, 5.74) is 1.86. The molecule has 4 heteroatoms. The number of carbonyl (C=O) groups excluding carboxylic acids is 2. The molecule has 1 heterocycles. The van der Waals surface area contributed by atoms with Crippen LogP contribution in [0.15, 0.2) is 24.3 Å². The van der Waals surface area contributed by atoms with Crippen molar-refractivity contribution in [3.8, 4) is 0 Å². The highest BCUT2D eigenvalue weighted by atomic mass is 16.5. The minimum absolute atomic E-state index is 0.0633. The van der Waals surface area contributed by atoms with Gasteiger partial charge in [-0.15, -0.1) is 0 Å². The molecule has 0 saturated carbocycles. The average molecular weight is 360 g/mol. The number of hydrogen-bond acceptors (Lipinski definition) is 3. The molecule has 144 valence electrons. The summed E-state index contributed by atoms with van der Waals surface area (Å²) in [6, 6.07) is 7.26. The topological polar surface area (TPSA) is 46.6 Å². The van der Waals surface area contributed by atoms with Crippen LogP contribution in [0.2, 0.25) is 0 Å². The van der Waals surface area contributed by atoms with Gasteiger partial charge < -0.3 is 9.64 Å². The highest BCUT2D eigenvalue weighted by Crippen LogP contribution is 2.22. The Hall–Kier alpha value is -1.84. The van der Waals surface area contributed by atoms with Crippen LogP contribution in [-0.2, 0) is 16.0 Å². The molecule has 2 rings (SSSR count). The Labute approximate surface area is 157 Å². The van der Waals surface area contributed by atoms with Gasteiger partial charge in [-0.25, -0.2) is 4.79 Å². The number of likely N-dealkylation sites (tertiary alicyclic amines) is 1. The van der Waals surface area contributed by atoms with E-state index in [1.807, 2.05) is 24.3 Å². The molecule has 0 bridgehead atoms. The molecule has 1 saturated heterocycles. The van der Waals surface area contributed by atoms with Crippen LogP contribution in [0.4, 0.5) is 0 Å². The fourth-order valence-corrected chi connectivity index (χ4v) is 3.46. The van der Waals surface area contributed by atoms with Crippen LogP contribution in [0.5, 0.6) is 0 Å². The van der Waals surface area contributed by atoms with Crippen molar-refractivity contribution in [2.75, 3.05) is 13.2 Å². The molecule has 1 fully saturated rings. The van der Waals surface area contributed by atoms with Gasteiger partial charge in [0.25, 0.3) is 5.91 Å². The van der Waals surface area contributed by atoms with E-state index in [0.717, 1.165) is 25.7 Å². The molecule has 0 spiro atoms. The van der Waals surface area contributed by atoms with Gasteiger partial charge in [-0.2, -0.15) is 0 Å². The van der Waals surface area contributed by atoms with Crippen molar-refractivity contribution < 1.29 is 14.3 Å². The third kappa shape index (κ3) is 5.86. The van der Waals surface area contributed by atoms with E-state index >= 15 is 0 Å². The number of carbonyl (C=O) groups is 2. The molecule has 4 nitrogen and oxygen atoms in total. The molecule has 0 aliphatic carbocycles. The molecule has 1 amide bonds. The second kappa shape index (κ2) is 11.0. The van der Waals surface area contributed by atoms with E-state index in [0.29, 0.717) is 25.1 Å². The minimum Gasteiger partial charge on any atom is -0.464 e. The van der Waals surface area contributed by atoms with Crippen molar-refractivity contribution >= 4 is 11.9 Å². The summed E-state index contributed by atoms with van der Waals surface area (Å²) in [6.45, 7) is 5.39. The molecule has 26 heavy (non-hydrogen) atoms. The second-order valence-corrected chi connectivity index (χ2v) is 7.14. The molecule has 0 N–H and O–H groups in total.